The van der Waals surface area contributed by atoms with E-state index in [0.29, 0.717) is 11.5 Å². The van der Waals surface area contributed by atoms with Crippen LogP contribution in [0.2, 0.25) is 0 Å². The first-order valence-corrected chi connectivity index (χ1v) is 3.38. The Bertz CT molecular complexity index is 221. The van der Waals surface area contributed by atoms with E-state index in [4.69, 9.17) is 5.73 Å². The van der Waals surface area contributed by atoms with Crippen LogP contribution >= 0.6 is 0 Å². The fraction of sp³-hybridized carbons (Fsp3) is 0.286. The summed E-state index contributed by atoms with van der Waals surface area (Å²) in [4.78, 5) is 3.59. The van der Waals surface area contributed by atoms with Crippen molar-refractivity contribution in [2.24, 2.45) is 4.99 Å². The molecular formula is C7H12N4. The van der Waals surface area contributed by atoms with E-state index in [1.165, 1.54) is 6.20 Å². The smallest absolute Gasteiger partial charge is 0.172 e. The highest BCUT2D eigenvalue weighted by Gasteiger charge is 1.92. The van der Waals surface area contributed by atoms with Crippen molar-refractivity contribution >= 4 is 18.2 Å². The zero-order valence-corrected chi connectivity index (χ0v) is 6.78. The van der Waals surface area contributed by atoms with Crippen molar-refractivity contribution in [1.29, 1.82) is 0 Å². The summed E-state index contributed by atoms with van der Waals surface area (Å²) in [6, 6.07) is 1.65. The normalized spacial score (nSPS) is 7.82. The third kappa shape index (κ3) is 2.75. The lowest BCUT2D eigenvalue weighted by atomic mass is 10.4. The van der Waals surface area contributed by atoms with E-state index in [0.717, 1.165) is 0 Å². The Labute approximate surface area is 66.2 Å². The predicted octanol–water partition coefficient (Wildman–Crippen LogP) is 1.42. The van der Waals surface area contributed by atoms with Gasteiger partial charge in [0.05, 0.1) is 6.20 Å². The molecule has 4 heteroatoms. The van der Waals surface area contributed by atoms with Crippen molar-refractivity contribution in [2.45, 2.75) is 13.8 Å². The second kappa shape index (κ2) is 5.34. The van der Waals surface area contributed by atoms with Crippen molar-refractivity contribution in [2.75, 3.05) is 5.73 Å². The molecule has 4 nitrogen and oxygen atoms in total. The van der Waals surface area contributed by atoms with Gasteiger partial charge in [-0.3, -0.25) is 4.99 Å². The standard InChI is InChI=1S/C5H6N4.C2H6/c1-7-4-2-3-8-9-5(4)6;1-2/h2-3H,1H2,(H2,6,9);1-2H3. The van der Waals surface area contributed by atoms with Crippen molar-refractivity contribution in [3.05, 3.63) is 12.3 Å². The molecule has 11 heavy (non-hydrogen) atoms. The van der Waals surface area contributed by atoms with Crippen LogP contribution in [0.1, 0.15) is 13.8 Å². The Kier molecular flexibility index (Phi) is 4.64. The number of hydrogen-bond acceptors (Lipinski definition) is 4. The van der Waals surface area contributed by atoms with Crippen LogP contribution in [-0.2, 0) is 0 Å². The van der Waals surface area contributed by atoms with Gasteiger partial charge in [-0.1, -0.05) is 13.8 Å². The summed E-state index contributed by atoms with van der Waals surface area (Å²) in [6.45, 7) is 7.29. The van der Waals surface area contributed by atoms with Crippen LogP contribution in [0.15, 0.2) is 17.3 Å². The number of anilines is 1. The van der Waals surface area contributed by atoms with Gasteiger partial charge in [0.25, 0.3) is 0 Å². The van der Waals surface area contributed by atoms with Gasteiger partial charge in [-0.15, -0.1) is 5.10 Å². The van der Waals surface area contributed by atoms with Crippen LogP contribution < -0.4 is 5.73 Å². The monoisotopic (exact) mass is 152 g/mol. The van der Waals surface area contributed by atoms with Gasteiger partial charge in [0.2, 0.25) is 0 Å². The maximum Gasteiger partial charge on any atom is 0.172 e. The van der Waals surface area contributed by atoms with E-state index in [9.17, 15) is 0 Å². The van der Waals surface area contributed by atoms with Crippen molar-refractivity contribution in [1.82, 2.24) is 10.2 Å². The fourth-order valence-corrected chi connectivity index (χ4v) is 0.470. The van der Waals surface area contributed by atoms with Crippen molar-refractivity contribution in [3.63, 3.8) is 0 Å². The molecule has 0 aliphatic carbocycles. The number of rotatable bonds is 1. The lowest BCUT2D eigenvalue weighted by Gasteiger charge is -1.92. The minimum atomic E-state index is 0.313. The highest BCUT2D eigenvalue weighted by molar-refractivity contribution is 5.58. The molecule has 0 atom stereocenters. The first kappa shape index (κ1) is 9.55. The fourth-order valence-electron chi connectivity index (χ4n) is 0.470. The minimum Gasteiger partial charge on any atom is -0.380 e. The molecule has 0 aromatic carbocycles. The molecule has 1 heterocycles. The van der Waals surface area contributed by atoms with Gasteiger partial charge in [0.15, 0.2) is 5.82 Å². The number of hydrogen-bond donors (Lipinski definition) is 1. The van der Waals surface area contributed by atoms with Crippen molar-refractivity contribution < 1.29 is 0 Å². The van der Waals surface area contributed by atoms with Crippen LogP contribution in [-0.4, -0.2) is 16.9 Å². The second-order valence-electron chi connectivity index (χ2n) is 1.46. The molecule has 0 radical (unpaired) electrons. The largest absolute Gasteiger partial charge is 0.380 e. The Hall–Kier alpha value is -1.45. The van der Waals surface area contributed by atoms with Crippen LogP contribution in [0.25, 0.3) is 0 Å². The Morgan fingerprint density at radius 3 is 2.55 bits per heavy atom. The number of nitrogen functional groups attached to an aromatic ring is 1. The van der Waals surface area contributed by atoms with Gasteiger partial charge < -0.3 is 5.73 Å². The summed E-state index contributed by atoms with van der Waals surface area (Å²) in [5, 5.41) is 7.07. The summed E-state index contributed by atoms with van der Waals surface area (Å²) in [5.74, 6) is 0.313. The zero-order chi connectivity index (χ0) is 8.69. The topological polar surface area (TPSA) is 64.2 Å². The summed E-state index contributed by atoms with van der Waals surface area (Å²) in [5.41, 5.74) is 5.90. The van der Waals surface area contributed by atoms with E-state index >= 15 is 0 Å². The first-order valence-electron chi connectivity index (χ1n) is 3.38. The number of nitrogens with zero attached hydrogens (tertiary/aromatic N) is 3. The van der Waals surface area contributed by atoms with E-state index < -0.39 is 0 Å². The molecule has 60 valence electrons. The van der Waals surface area contributed by atoms with Gasteiger partial charge in [-0.2, -0.15) is 5.10 Å². The Morgan fingerprint density at radius 2 is 2.18 bits per heavy atom. The second-order valence-corrected chi connectivity index (χ2v) is 1.46. The summed E-state index contributed by atoms with van der Waals surface area (Å²) in [6.07, 6.45) is 1.51. The maximum absolute atomic E-state index is 5.32. The average Bonchev–Trinajstić information content (AvgIpc) is 2.09. The summed E-state index contributed by atoms with van der Waals surface area (Å²) in [7, 11) is 0. The SMILES string of the molecule is C=Nc1ccnnc1N.CC. The molecule has 1 rings (SSSR count). The minimum absolute atomic E-state index is 0.313. The van der Waals surface area contributed by atoms with Gasteiger partial charge in [-0.05, 0) is 12.8 Å². The van der Waals surface area contributed by atoms with E-state index in [2.05, 4.69) is 21.9 Å². The lowest BCUT2D eigenvalue weighted by molar-refractivity contribution is 1.04. The molecule has 0 saturated carbocycles. The number of aromatic nitrogens is 2. The third-order valence-electron chi connectivity index (χ3n) is 0.897. The molecule has 0 aliphatic heterocycles. The average molecular weight is 152 g/mol. The van der Waals surface area contributed by atoms with Crippen LogP contribution in [0.3, 0.4) is 0 Å². The molecule has 0 amide bonds. The number of nitrogens with two attached hydrogens (primary N) is 1. The van der Waals surface area contributed by atoms with Crippen LogP contribution in [0.5, 0.6) is 0 Å². The zero-order valence-electron chi connectivity index (χ0n) is 6.78. The molecule has 0 unspecified atom stereocenters. The van der Waals surface area contributed by atoms with Crippen molar-refractivity contribution in [3.8, 4) is 0 Å². The summed E-state index contributed by atoms with van der Waals surface area (Å²) < 4.78 is 0. The van der Waals surface area contributed by atoms with Gasteiger partial charge in [0.1, 0.15) is 5.69 Å². The van der Waals surface area contributed by atoms with E-state index in [-0.39, 0.29) is 0 Å². The predicted molar refractivity (Wildman–Crippen MR) is 47.0 cm³/mol. The van der Waals surface area contributed by atoms with Gasteiger partial charge >= 0.3 is 0 Å². The Balaban J connectivity index is 0.000000461. The molecule has 1 aromatic rings. The van der Waals surface area contributed by atoms with Gasteiger partial charge in [-0.25, -0.2) is 0 Å². The molecule has 0 saturated heterocycles. The molecule has 0 fully saturated rings. The first-order chi connectivity index (χ1) is 5.34. The van der Waals surface area contributed by atoms with E-state index in [1.807, 2.05) is 13.8 Å². The Morgan fingerprint density at radius 1 is 1.55 bits per heavy atom. The van der Waals surface area contributed by atoms with Gasteiger partial charge in [0, 0.05) is 0 Å². The maximum atomic E-state index is 5.32. The molecular weight excluding hydrogens is 140 g/mol. The molecule has 0 bridgehead atoms. The van der Waals surface area contributed by atoms with E-state index in [1.54, 1.807) is 6.07 Å². The molecule has 0 spiro atoms. The van der Waals surface area contributed by atoms with Crippen LogP contribution in [0, 0.1) is 0 Å². The lowest BCUT2D eigenvalue weighted by Crippen LogP contribution is -1.90. The molecule has 2 N–H and O–H groups in total. The molecule has 1 aromatic heterocycles. The highest BCUT2D eigenvalue weighted by Crippen LogP contribution is 2.14. The summed E-state index contributed by atoms with van der Waals surface area (Å²) >= 11 is 0. The quantitative estimate of drug-likeness (QED) is 0.619. The van der Waals surface area contributed by atoms with Crippen LogP contribution in [0.4, 0.5) is 11.5 Å². The third-order valence-corrected chi connectivity index (χ3v) is 0.897. The number of aliphatic imine (C=N–C) groups is 1. The highest BCUT2D eigenvalue weighted by atomic mass is 15.1. The molecule has 0 aliphatic rings.